The molecule has 1 aromatic heterocycles. The van der Waals surface area contributed by atoms with E-state index in [1.54, 1.807) is 11.0 Å². The number of nitrogens with zero attached hydrogens (tertiary/aromatic N) is 4. The van der Waals surface area contributed by atoms with Crippen molar-refractivity contribution in [2.75, 3.05) is 18.0 Å². The molecule has 3 rings (SSSR count). The van der Waals surface area contributed by atoms with Gasteiger partial charge in [0, 0.05) is 19.3 Å². The molecule has 2 aromatic rings. The van der Waals surface area contributed by atoms with Gasteiger partial charge in [0.05, 0.1) is 10.5 Å². The molecule has 8 nitrogen and oxygen atoms in total. The monoisotopic (exact) mass is 408 g/mol. The summed E-state index contributed by atoms with van der Waals surface area (Å²) in [7, 11) is 0. The fourth-order valence-electron chi connectivity index (χ4n) is 3.30. The van der Waals surface area contributed by atoms with Gasteiger partial charge in [0.2, 0.25) is 5.82 Å². The van der Waals surface area contributed by atoms with Crippen LogP contribution in [-0.4, -0.2) is 34.5 Å². The van der Waals surface area contributed by atoms with Crippen molar-refractivity contribution in [3.8, 4) is 11.8 Å². The Morgan fingerprint density at radius 3 is 2.59 bits per heavy atom. The topological polar surface area (TPSA) is 113 Å². The Bertz CT molecular complexity index is 966. The number of hydrogen-bond acceptors (Lipinski definition) is 7. The molecular weight excluding hydrogens is 393 g/mol. The molecule has 0 saturated carbocycles. The van der Waals surface area contributed by atoms with Gasteiger partial charge in [-0.25, -0.2) is 4.98 Å². The molecule has 0 amide bonds. The summed E-state index contributed by atoms with van der Waals surface area (Å²) in [5.41, 5.74) is -1.71. The van der Waals surface area contributed by atoms with Gasteiger partial charge in [-0.1, -0.05) is 12.1 Å². The zero-order valence-corrected chi connectivity index (χ0v) is 14.9. The number of halogens is 3. The first-order valence-corrected chi connectivity index (χ1v) is 8.50. The molecule has 1 aliphatic rings. The van der Waals surface area contributed by atoms with Crippen molar-refractivity contribution < 1.29 is 27.9 Å². The lowest BCUT2D eigenvalue weighted by molar-refractivity contribution is -0.384. The van der Waals surface area contributed by atoms with Crippen LogP contribution in [0.1, 0.15) is 24.0 Å². The molecule has 0 spiro atoms. The molecule has 152 valence electrons. The highest BCUT2D eigenvalue weighted by atomic mass is 19.4. The molecule has 0 atom stereocenters. The maximum Gasteiger partial charge on any atom is 0.573 e. The molecule has 1 aliphatic heterocycles. The van der Waals surface area contributed by atoms with Gasteiger partial charge in [-0.15, -0.1) is 13.2 Å². The molecular formula is C18H15F3N4O4. The van der Waals surface area contributed by atoms with E-state index in [2.05, 4.69) is 9.72 Å². The average molecular weight is 408 g/mol. The minimum Gasteiger partial charge on any atom is -0.406 e. The molecule has 0 unspecified atom stereocenters. The van der Waals surface area contributed by atoms with Crippen LogP contribution in [0.4, 0.5) is 24.7 Å². The van der Waals surface area contributed by atoms with Gasteiger partial charge in [0.15, 0.2) is 0 Å². The zero-order chi connectivity index (χ0) is 21.2. The number of pyridine rings is 1. The molecule has 0 bridgehead atoms. The predicted molar refractivity (Wildman–Crippen MR) is 94.1 cm³/mol. The van der Waals surface area contributed by atoms with E-state index < -0.39 is 28.3 Å². The number of aliphatic hydroxyl groups is 1. The highest BCUT2D eigenvalue weighted by molar-refractivity contribution is 5.65. The molecule has 1 saturated heterocycles. The second kappa shape index (κ2) is 7.56. The van der Waals surface area contributed by atoms with Gasteiger partial charge in [-0.2, -0.15) is 5.26 Å². The van der Waals surface area contributed by atoms with E-state index in [1.807, 2.05) is 0 Å². The van der Waals surface area contributed by atoms with Crippen molar-refractivity contribution in [3.63, 3.8) is 0 Å². The van der Waals surface area contributed by atoms with Crippen LogP contribution in [-0.2, 0) is 5.60 Å². The van der Waals surface area contributed by atoms with Gasteiger partial charge < -0.3 is 14.7 Å². The van der Waals surface area contributed by atoms with Crippen molar-refractivity contribution in [2.45, 2.75) is 24.8 Å². The number of piperidine rings is 1. The number of hydrogen-bond donors (Lipinski definition) is 1. The fourth-order valence-corrected chi connectivity index (χ4v) is 3.30. The summed E-state index contributed by atoms with van der Waals surface area (Å²) in [5.74, 6) is -0.421. The molecule has 0 radical (unpaired) electrons. The summed E-state index contributed by atoms with van der Waals surface area (Å²) in [6.45, 7) is 0.313. The predicted octanol–water partition coefficient (Wildman–Crippen LogP) is 3.25. The quantitative estimate of drug-likeness (QED) is 0.610. The lowest BCUT2D eigenvalue weighted by Crippen LogP contribution is -2.43. The first-order valence-electron chi connectivity index (χ1n) is 8.50. The SMILES string of the molecule is N#Cc1ccnc(N2CCC(O)(c3cccc(OC(F)(F)F)c3)CC2)c1[N+](=O)[O-]. The van der Waals surface area contributed by atoms with Crippen molar-refractivity contribution >= 4 is 11.5 Å². The number of rotatable bonds is 4. The first kappa shape index (κ1) is 20.3. The van der Waals surface area contributed by atoms with E-state index in [1.165, 1.54) is 24.4 Å². The van der Waals surface area contributed by atoms with Gasteiger partial charge in [-0.05, 0) is 36.6 Å². The molecule has 1 N–H and O–H groups in total. The Kier molecular flexibility index (Phi) is 5.30. The molecule has 1 fully saturated rings. The Morgan fingerprint density at radius 2 is 2.00 bits per heavy atom. The normalized spacial score (nSPS) is 16.2. The molecule has 1 aromatic carbocycles. The van der Waals surface area contributed by atoms with Crippen molar-refractivity contribution in [3.05, 3.63) is 57.8 Å². The van der Waals surface area contributed by atoms with Crippen LogP contribution in [0.15, 0.2) is 36.5 Å². The van der Waals surface area contributed by atoms with Crippen LogP contribution in [0.2, 0.25) is 0 Å². The summed E-state index contributed by atoms with van der Waals surface area (Å²) < 4.78 is 41.2. The summed E-state index contributed by atoms with van der Waals surface area (Å²) in [4.78, 5) is 16.3. The second-order valence-corrected chi connectivity index (χ2v) is 6.49. The van der Waals surface area contributed by atoms with Gasteiger partial charge in [0.25, 0.3) is 0 Å². The summed E-state index contributed by atoms with van der Waals surface area (Å²) >= 11 is 0. The summed E-state index contributed by atoms with van der Waals surface area (Å²) in [6.07, 6.45) is -3.36. The van der Waals surface area contributed by atoms with Crippen molar-refractivity contribution in [1.82, 2.24) is 4.98 Å². The van der Waals surface area contributed by atoms with Crippen LogP contribution in [0.25, 0.3) is 0 Å². The number of nitriles is 1. The molecule has 29 heavy (non-hydrogen) atoms. The molecule has 2 heterocycles. The Morgan fingerprint density at radius 1 is 1.31 bits per heavy atom. The molecule has 11 heteroatoms. The van der Waals surface area contributed by atoms with Crippen LogP contribution in [0.5, 0.6) is 5.75 Å². The third kappa shape index (κ3) is 4.38. The van der Waals surface area contributed by atoms with Gasteiger partial charge in [-0.3, -0.25) is 10.1 Å². The standard InChI is InChI=1S/C18H15F3N4O4/c19-18(20,21)29-14-3-1-2-13(10-14)17(26)5-8-24(9-6-17)16-15(25(27)28)12(11-22)4-7-23-16/h1-4,7,10,26H,5-6,8-9H2. The smallest absolute Gasteiger partial charge is 0.406 e. The number of ether oxygens (including phenoxy) is 1. The van der Waals surface area contributed by atoms with E-state index in [-0.39, 0.29) is 42.9 Å². The number of alkyl halides is 3. The van der Waals surface area contributed by atoms with E-state index in [4.69, 9.17) is 5.26 Å². The third-order valence-corrected chi connectivity index (χ3v) is 4.70. The van der Waals surface area contributed by atoms with Crippen molar-refractivity contribution in [2.24, 2.45) is 0 Å². The maximum atomic E-state index is 12.4. The number of benzene rings is 1. The Balaban J connectivity index is 1.82. The van der Waals surface area contributed by atoms with E-state index in [0.717, 1.165) is 12.1 Å². The lowest BCUT2D eigenvalue weighted by Gasteiger charge is -2.39. The van der Waals surface area contributed by atoms with Crippen LogP contribution >= 0.6 is 0 Å². The van der Waals surface area contributed by atoms with Crippen molar-refractivity contribution in [1.29, 1.82) is 5.26 Å². The van der Waals surface area contributed by atoms with E-state index in [0.29, 0.717) is 0 Å². The average Bonchev–Trinajstić information content (AvgIpc) is 2.66. The summed E-state index contributed by atoms with van der Waals surface area (Å²) in [6, 6.07) is 8.11. The number of nitro groups is 1. The lowest BCUT2D eigenvalue weighted by atomic mass is 9.84. The minimum absolute atomic E-state index is 0.0188. The summed E-state index contributed by atoms with van der Waals surface area (Å²) in [5, 5.41) is 31.4. The number of aromatic nitrogens is 1. The van der Waals surface area contributed by atoms with Gasteiger partial charge >= 0.3 is 12.0 Å². The van der Waals surface area contributed by atoms with Crippen LogP contribution in [0, 0.1) is 21.4 Å². The second-order valence-electron chi connectivity index (χ2n) is 6.49. The third-order valence-electron chi connectivity index (χ3n) is 4.70. The van der Waals surface area contributed by atoms with Crippen LogP contribution < -0.4 is 9.64 Å². The Hall–Kier alpha value is -3.39. The minimum atomic E-state index is -4.85. The maximum absolute atomic E-state index is 12.4. The highest BCUT2D eigenvalue weighted by Crippen LogP contribution is 2.38. The van der Waals surface area contributed by atoms with Crippen LogP contribution in [0.3, 0.4) is 0 Å². The molecule has 0 aliphatic carbocycles. The fraction of sp³-hybridized carbons (Fsp3) is 0.333. The van der Waals surface area contributed by atoms with E-state index >= 15 is 0 Å². The van der Waals surface area contributed by atoms with Gasteiger partial charge in [0.1, 0.15) is 17.4 Å². The zero-order valence-electron chi connectivity index (χ0n) is 14.9. The number of anilines is 1. The first-order chi connectivity index (χ1) is 13.6. The highest BCUT2D eigenvalue weighted by Gasteiger charge is 2.38. The Labute approximate surface area is 162 Å². The largest absolute Gasteiger partial charge is 0.573 e. The van der Waals surface area contributed by atoms with E-state index in [9.17, 15) is 28.4 Å².